The molecule has 0 aliphatic rings. The van der Waals surface area contributed by atoms with E-state index in [0.717, 1.165) is 18.4 Å². The van der Waals surface area contributed by atoms with Crippen molar-refractivity contribution in [1.82, 2.24) is 4.98 Å². The molecule has 2 aromatic carbocycles. The van der Waals surface area contributed by atoms with Crippen LogP contribution in [0.5, 0.6) is 11.5 Å². The third-order valence-corrected chi connectivity index (χ3v) is 6.36. The molecule has 0 saturated heterocycles. The van der Waals surface area contributed by atoms with E-state index >= 15 is 0 Å². The topological polar surface area (TPSA) is 103 Å². The molecule has 0 atom stereocenters. The zero-order valence-corrected chi connectivity index (χ0v) is 19.5. The minimum Gasteiger partial charge on any atom is -0.481 e. The number of ether oxygens (including phenoxy) is 2. The summed E-state index contributed by atoms with van der Waals surface area (Å²) in [5.74, 6) is -2.80. The van der Waals surface area contributed by atoms with E-state index in [-0.39, 0.29) is 50.7 Å². The molecule has 182 valence electrons. The molecule has 0 unspecified atom stereocenters. The van der Waals surface area contributed by atoms with Crippen LogP contribution in [0.15, 0.2) is 35.2 Å². The number of rotatable bonds is 9. The molecule has 0 aliphatic heterocycles. The van der Waals surface area contributed by atoms with Crippen LogP contribution >= 0.6 is 11.6 Å². The Balaban J connectivity index is 2.28. The summed E-state index contributed by atoms with van der Waals surface area (Å²) < 4.78 is 75.1. The first-order valence-electron chi connectivity index (χ1n) is 9.84. The molecule has 0 fully saturated rings. The Morgan fingerprint density at radius 1 is 1.24 bits per heavy atom. The summed E-state index contributed by atoms with van der Waals surface area (Å²) in [5, 5.41) is 8.75. The lowest BCUT2D eigenvalue weighted by atomic mass is 9.98. The van der Waals surface area contributed by atoms with Crippen molar-refractivity contribution in [2.24, 2.45) is 0 Å². The van der Waals surface area contributed by atoms with Crippen molar-refractivity contribution in [2.75, 3.05) is 12.9 Å². The van der Waals surface area contributed by atoms with Crippen LogP contribution in [0, 0.1) is 5.82 Å². The predicted octanol–water partition coefficient (Wildman–Crippen LogP) is 4.65. The average molecular weight is 518 g/mol. The SMILES string of the molecule is CCc1nc2c(F)ccc(OCC(=O)O)c2c(OC(F)F)c1Cc1ccc(S(C)(=O)=O)cc1Cl. The molecule has 0 saturated carbocycles. The molecule has 7 nitrogen and oxygen atoms in total. The fraction of sp³-hybridized carbons (Fsp3) is 0.273. The first-order chi connectivity index (χ1) is 15.9. The van der Waals surface area contributed by atoms with Crippen molar-refractivity contribution in [3.63, 3.8) is 0 Å². The summed E-state index contributed by atoms with van der Waals surface area (Å²) in [5.41, 5.74) is 0.446. The highest BCUT2D eigenvalue weighted by Gasteiger charge is 2.25. The Kier molecular flexibility index (Phi) is 7.57. The van der Waals surface area contributed by atoms with Crippen LogP contribution in [0.25, 0.3) is 10.9 Å². The zero-order chi connectivity index (χ0) is 25.2. The van der Waals surface area contributed by atoms with Gasteiger partial charge in [0.25, 0.3) is 0 Å². The number of hydrogen-bond donors (Lipinski definition) is 1. The molecule has 3 aromatic rings. The van der Waals surface area contributed by atoms with Gasteiger partial charge in [0.15, 0.2) is 16.4 Å². The zero-order valence-electron chi connectivity index (χ0n) is 17.9. The van der Waals surface area contributed by atoms with Crippen molar-refractivity contribution < 1.29 is 41.0 Å². The summed E-state index contributed by atoms with van der Waals surface area (Å²) in [6, 6.07) is 6.08. The molecule has 1 N–H and O–H groups in total. The monoisotopic (exact) mass is 517 g/mol. The molecule has 0 spiro atoms. The number of hydrogen-bond acceptors (Lipinski definition) is 6. The highest BCUT2D eigenvalue weighted by atomic mass is 35.5. The van der Waals surface area contributed by atoms with E-state index in [2.05, 4.69) is 4.98 Å². The number of aryl methyl sites for hydroxylation is 1. The number of aromatic nitrogens is 1. The van der Waals surface area contributed by atoms with Gasteiger partial charge in [-0.25, -0.2) is 22.6 Å². The van der Waals surface area contributed by atoms with Gasteiger partial charge < -0.3 is 14.6 Å². The summed E-state index contributed by atoms with van der Waals surface area (Å²) in [6.45, 7) is -2.42. The molecular formula is C22H19ClF3NO6S. The molecule has 0 aliphatic carbocycles. The lowest BCUT2D eigenvalue weighted by molar-refractivity contribution is -0.139. The van der Waals surface area contributed by atoms with Crippen LogP contribution in [0.2, 0.25) is 5.02 Å². The number of nitrogens with zero attached hydrogens (tertiary/aromatic N) is 1. The Morgan fingerprint density at radius 3 is 2.50 bits per heavy atom. The summed E-state index contributed by atoms with van der Waals surface area (Å²) in [4.78, 5) is 15.2. The minimum atomic E-state index is -3.53. The second-order valence-corrected chi connectivity index (χ2v) is 9.67. The highest BCUT2D eigenvalue weighted by molar-refractivity contribution is 7.90. The smallest absolute Gasteiger partial charge is 0.387 e. The van der Waals surface area contributed by atoms with Crippen molar-refractivity contribution in [1.29, 1.82) is 0 Å². The van der Waals surface area contributed by atoms with Crippen LogP contribution in [-0.2, 0) is 27.5 Å². The number of carboxylic acids is 1. The Bertz CT molecular complexity index is 1360. The van der Waals surface area contributed by atoms with E-state index in [4.69, 9.17) is 26.2 Å². The molecule has 0 radical (unpaired) electrons. The van der Waals surface area contributed by atoms with Gasteiger partial charge in [-0.2, -0.15) is 8.78 Å². The van der Waals surface area contributed by atoms with E-state index in [9.17, 15) is 26.4 Å². The Labute approximate surface area is 198 Å². The number of aliphatic carboxylic acids is 1. The van der Waals surface area contributed by atoms with Crippen LogP contribution in [0.3, 0.4) is 0 Å². The van der Waals surface area contributed by atoms with E-state index < -0.39 is 40.6 Å². The number of benzene rings is 2. The third kappa shape index (κ3) is 5.53. The fourth-order valence-electron chi connectivity index (χ4n) is 3.41. The normalized spacial score (nSPS) is 11.7. The maximum atomic E-state index is 14.6. The van der Waals surface area contributed by atoms with Gasteiger partial charge >= 0.3 is 12.6 Å². The van der Waals surface area contributed by atoms with Crippen molar-refractivity contribution in [3.05, 3.63) is 58.0 Å². The second-order valence-electron chi connectivity index (χ2n) is 7.25. The molecular weight excluding hydrogens is 499 g/mol. The summed E-state index contributed by atoms with van der Waals surface area (Å²) in [7, 11) is -3.53. The maximum absolute atomic E-state index is 14.6. The van der Waals surface area contributed by atoms with Crippen LogP contribution in [-0.4, -0.2) is 44.0 Å². The van der Waals surface area contributed by atoms with E-state index in [1.54, 1.807) is 6.92 Å². The lowest BCUT2D eigenvalue weighted by Gasteiger charge is -2.19. The van der Waals surface area contributed by atoms with Gasteiger partial charge in [0.2, 0.25) is 0 Å². The van der Waals surface area contributed by atoms with Crippen molar-refractivity contribution in [2.45, 2.75) is 31.3 Å². The first-order valence-corrected chi connectivity index (χ1v) is 12.1. The molecule has 34 heavy (non-hydrogen) atoms. The van der Waals surface area contributed by atoms with Crippen LogP contribution in [0.1, 0.15) is 23.7 Å². The molecule has 1 heterocycles. The molecule has 0 bridgehead atoms. The predicted molar refractivity (Wildman–Crippen MR) is 118 cm³/mol. The van der Waals surface area contributed by atoms with Gasteiger partial charge in [-0.15, -0.1) is 0 Å². The summed E-state index contributed by atoms with van der Waals surface area (Å²) >= 11 is 6.27. The van der Waals surface area contributed by atoms with Gasteiger partial charge in [0, 0.05) is 29.0 Å². The van der Waals surface area contributed by atoms with E-state index in [0.29, 0.717) is 5.56 Å². The number of halogens is 4. The Hall–Kier alpha value is -3.05. The third-order valence-electron chi connectivity index (χ3n) is 4.90. The molecule has 12 heteroatoms. The largest absolute Gasteiger partial charge is 0.481 e. The number of alkyl halides is 2. The molecule has 1 aromatic heterocycles. The van der Waals surface area contributed by atoms with Gasteiger partial charge in [-0.05, 0) is 36.2 Å². The van der Waals surface area contributed by atoms with Crippen molar-refractivity contribution in [3.8, 4) is 11.5 Å². The highest BCUT2D eigenvalue weighted by Crippen LogP contribution is 2.41. The number of pyridine rings is 1. The van der Waals surface area contributed by atoms with E-state index in [1.165, 1.54) is 18.2 Å². The minimum absolute atomic E-state index is 0.0240. The number of sulfone groups is 1. The second kappa shape index (κ2) is 10.1. The van der Waals surface area contributed by atoms with E-state index in [1.807, 2.05) is 0 Å². The quantitative estimate of drug-likeness (QED) is 0.440. The molecule has 3 rings (SSSR count). The number of carbonyl (C=O) groups is 1. The van der Waals surface area contributed by atoms with Crippen LogP contribution in [0.4, 0.5) is 13.2 Å². The number of carboxylic acid groups (broad SMARTS) is 1. The standard InChI is InChI=1S/C22H19ClF3NO6S/c1-3-16-13(8-11-4-5-12(9-14(11)23)34(2,30)31)21(33-22(25)26)19-17(32-10-18(28)29)7-6-15(24)20(19)27-16/h4-7,9,22H,3,8,10H2,1-2H3,(H,28,29). The Morgan fingerprint density at radius 2 is 1.94 bits per heavy atom. The average Bonchev–Trinajstić information content (AvgIpc) is 2.74. The summed E-state index contributed by atoms with van der Waals surface area (Å²) in [6.07, 6.45) is 1.12. The fourth-order valence-corrected chi connectivity index (χ4v) is 4.37. The first kappa shape index (κ1) is 25.6. The maximum Gasteiger partial charge on any atom is 0.387 e. The van der Waals surface area contributed by atoms with Crippen molar-refractivity contribution >= 4 is 38.3 Å². The van der Waals surface area contributed by atoms with Gasteiger partial charge in [0.05, 0.1) is 10.3 Å². The van der Waals surface area contributed by atoms with Gasteiger partial charge in [-0.1, -0.05) is 24.6 Å². The number of fused-ring (bicyclic) bond motifs is 1. The van der Waals surface area contributed by atoms with Gasteiger partial charge in [0.1, 0.15) is 22.8 Å². The van der Waals surface area contributed by atoms with Gasteiger partial charge in [-0.3, -0.25) is 0 Å². The van der Waals surface area contributed by atoms with Crippen LogP contribution < -0.4 is 9.47 Å². The lowest BCUT2D eigenvalue weighted by Crippen LogP contribution is -2.13. The molecule has 0 amide bonds.